The number of H-pyrrole nitrogens is 1. The minimum Gasteiger partial charge on any atom is -0.343 e. The summed E-state index contributed by atoms with van der Waals surface area (Å²) in [6.07, 6.45) is 1.30. The topological polar surface area (TPSA) is 104 Å². The molecule has 0 aliphatic carbocycles. The number of aromatic nitrogens is 2. The van der Waals surface area contributed by atoms with Crippen molar-refractivity contribution in [1.29, 1.82) is 0 Å². The van der Waals surface area contributed by atoms with Gasteiger partial charge in [-0.2, -0.15) is 0 Å². The Morgan fingerprint density at radius 1 is 1.25 bits per heavy atom. The third-order valence-electron chi connectivity index (χ3n) is 3.32. The Hall–Kier alpha value is -3.00. The fourth-order valence-electron chi connectivity index (χ4n) is 2.12. The van der Waals surface area contributed by atoms with Gasteiger partial charge < -0.3 is 15.6 Å². The van der Waals surface area contributed by atoms with E-state index in [1.165, 1.54) is 29.7 Å². The van der Waals surface area contributed by atoms with E-state index >= 15 is 0 Å². The average Bonchev–Trinajstić information content (AvgIpc) is 2.97. The number of hydrogen-bond donors (Lipinski definition) is 3. The summed E-state index contributed by atoms with van der Waals surface area (Å²) in [5.41, 5.74) is 1.87. The van der Waals surface area contributed by atoms with E-state index < -0.39 is 5.91 Å². The van der Waals surface area contributed by atoms with E-state index in [1.807, 2.05) is 25.1 Å². The van der Waals surface area contributed by atoms with Crippen LogP contribution in [0.1, 0.15) is 15.9 Å². The smallest absolute Gasteiger partial charge is 0.253 e. The number of aromatic amines is 1. The van der Waals surface area contributed by atoms with Crippen molar-refractivity contribution in [3.05, 3.63) is 58.0 Å². The van der Waals surface area contributed by atoms with Crippen LogP contribution in [0.2, 0.25) is 0 Å². The fourth-order valence-corrected chi connectivity index (χ4v) is 3.08. The molecule has 2 amide bonds. The van der Waals surface area contributed by atoms with Gasteiger partial charge in [-0.05, 0) is 24.6 Å². The van der Waals surface area contributed by atoms with Crippen LogP contribution in [-0.2, 0) is 4.79 Å². The van der Waals surface area contributed by atoms with Gasteiger partial charge in [0.25, 0.3) is 5.91 Å². The molecule has 2 aromatic heterocycles. The summed E-state index contributed by atoms with van der Waals surface area (Å²) < 4.78 is 0.988. The Balaban J connectivity index is 1.60. The summed E-state index contributed by atoms with van der Waals surface area (Å²) in [5, 5.41) is 5.65. The molecule has 0 radical (unpaired) electrons. The highest BCUT2D eigenvalue weighted by atomic mass is 32.1. The molecule has 0 saturated heterocycles. The van der Waals surface area contributed by atoms with E-state index in [0.29, 0.717) is 5.13 Å². The van der Waals surface area contributed by atoms with E-state index in [2.05, 4.69) is 20.6 Å². The molecule has 3 aromatic rings. The van der Waals surface area contributed by atoms with Gasteiger partial charge in [0.15, 0.2) is 5.13 Å². The summed E-state index contributed by atoms with van der Waals surface area (Å²) in [6.45, 7) is 1.77. The van der Waals surface area contributed by atoms with Crippen LogP contribution in [0.3, 0.4) is 0 Å². The van der Waals surface area contributed by atoms with Crippen LogP contribution in [0.15, 0.2) is 41.3 Å². The first kappa shape index (κ1) is 15.9. The summed E-state index contributed by atoms with van der Waals surface area (Å²) in [7, 11) is 0. The molecule has 0 atom stereocenters. The molecule has 7 nitrogen and oxygen atoms in total. The van der Waals surface area contributed by atoms with E-state index in [4.69, 9.17) is 0 Å². The molecule has 3 rings (SSSR count). The number of hydrogen-bond acceptors (Lipinski definition) is 5. The number of benzene rings is 1. The number of thiazole rings is 1. The van der Waals surface area contributed by atoms with Gasteiger partial charge in [-0.15, -0.1) is 0 Å². The maximum Gasteiger partial charge on any atom is 0.253 e. The first-order valence-corrected chi connectivity index (χ1v) is 7.97. The molecular weight excluding hydrogens is 328 g/mol. The van der Waals surface area contributed by atoms with Crippen LogP contribution in [0.25, 0.3) is 10.2 Å². The SMILES string of the molecule is Cc1cccc2sc(NC(=O)CNC(=O)c3ccc(=O)[nH]c3)nc12. The minimum absolute atomic E-state index is 0.188. The molecule has 24 heavy (non-hydrogen) atoms. The van der Waals surface area contributed by atoms with Crippen molar-refractivity contribution in [2.75, 3.05) is 11.9 Å². The van der Waals surface area contributed by atoms with Crippen molar-refractivity contribution < 1.29 is 9.59 Å². The molecule has 8 heteroatoms. The molecule has 3 N–H and O–H groups in total. The number of fused-ring (bicyclic) bond motifs is 1. The average molecular weight is 342 g/mol. The number of pyridine rings is 1. The molecule has 0 spiro atoms. The second-order valence-corrected chi connectivity index (χ2v) is 6.14. The van der Waals surface area contributed by atoms with Crippen molar-refractivity contribution in [2.45, 2.75) is 6.92 Å². The van der Waals surface area contributed by atoms with Crippen LogP contribution in [-0.4, -0.2) is 28.3 Å². The van der Waals surface area contributed by atoms with Crippen molar-refractivity contribution in [2.24, 2.45) is 0 Å². The first-order valence-electron chi connectivity index (χ1n) is 7.16. The van der Waals surface area contributed by atoms with Crippen molar-refractivity contribution in [3.63, 3.8) is 0 Å². The Morgan fingerprint density at radius 2 is 2.08 bits per heavy atom. The molecule has 0 saturated carbocycles. The van der Waals surface area contributed by atoms with E-state index in [1.54, 1.807) is 0 Å². The van der Waals surface area contributed by atoms with Crippen LogP contribution < -0.4 is 16.2 Å². The Labute approximate surface area is 140 Å². The molecule has 122 valence electrons. The number of nitrogens with one attached hydrogen (secondary N) is 3. The van der Waals surface area contributed by atoms with Gasteiger partial charge in [0.05, 0.1) is 22.3 Å². The van der Waals surface area contributed by atoms with Gasteiger partial charge in [0.1, 0.15) is 0 Å². The number of para-hydroxylation sites is 1. The Kier molecular flexibility index (Phi) is 4.39. The molecule has 1 aromatic carbocycles. The third-order valence-corrected chi connectivity index (χ3v) is 4.26. The number of carbonyl (C=O) groups is 2. The quantitative estimate of drug-likeness (QED) is 0.671. The second-order valence-electron chi connectivity index (χ2n) is 5.11. The minimum atomic E-state index is -0.443. The summed E-state index contributed by atoms with van der Waals surface area (Å²) in [4.78, 5) is 41.6. The highest BCUT2D eigenvalue weighted by Gasteiger charge is 2.11. The molecular formula is C16H14N4O3S. The lowest BCUT2D eigenvalue weighted by atomic mass is 10.2. The molecule has 0 aliphatic rings. The second kappa shape index (κ2) is 6.63. The highest BCUT2D eigenvalue weighted by molar-refractivity contribution is 7.22. The molecule has 0 bridgehead atoms. The lowest BCUT2D eigenvalue weighted by molar-refractivity contribution is -0.115. The zero-order valence-electron chi connectivity index (χ0n) is 12.8. The van der Waals surface area contributed by atoms with Crippen molar-refractivity contribution >= 4 is 38.5 Å². The van der Waals surface area contributed by atoms with Crippen molar-refractivity contribution in [1.82, 2.24) is 15.3 Å². The van der Waals surface area contributed by atoms with E-state index in [-0.39, 0.29) is 23.6 Å². The van der Waals surface area contributed by atoms with Gasteiger partial charge in [-0.25, -0.2) is 4.98 Å². The van der Waals surface area contributed by atoms with Crippen LogP contribution in [0.5, 0.6) is 0 Å². The molecule has 0 unspecified atom stereocenters. The first-order chi connectivity index (χ1) is 11.5. The monoisotopic (exact) mass is 342 g/mol. The number of anilines is 1. The number of amides is 2. The number of nitrogens with zero attached hydrogens (tertiary/aromatic N) is 1. The summed E-state index contributed by atoms with van der Waals surface area (Å²) in [5.74, 6) is -0.814. The van der Waals surface area contributed by atoms with Gasteiger partial charge in [0, 0.05) is 12.3 Å². The molecule has 0 fully saturated rings. The number of aryl methyl sites for hydroxylation is 1. The standard InChI is InChI=1S/C16H14N4O3S/c1-9-3-2-4-11-14(9)20-16(24-11)19-13(22)8-18-15(23)10-5-6-12(21)17-7-10/h2-7H,8H2,1H3,(H,17,21)(H,18,23)(H,19,20,22). The van der Waals surface area contributed by atoms with Gasteiger partial charge in [0.2, 0.25) is 11.5 Å². The van der Waals surface area contributed by atoms with Gasteiger partial charge in [-0.1, -0.05) is 23.5 Å². The van der Waals surface area contributed by atoms with Crippen LogP contribution in [0, 0.1) is 6.92 Å². The lowest BCUT2D eigenvalue weighted by Gasteiger charge is -2.04. The van der Waals surface area contributed by atoms with E-state index in [0.717, 1.165) is 15.8 Å². The lowest BCUT2D eigenvalue weighted by Crippen LogP contribution is -2.33. The number of carbonyl (C=O) groups excluding carboxylic acids is 2. The molecule has 0 aliphatic heterocycles. The zero-order chi connectivity index (χ0) is 17.1. The molecule has 2 heterocycles. The maximum absolute atomic E-state index is 11.9. The largest absolute Gasteiger partial charge is 0.343 e. The Bertz CT molecular complexity index is 956. The summed E-state index contributed by atoms with van der Waals surface area (Å²) in [6, 6.07) is 8.47. The fraction of sp³-hybridized carbons (Fsp3) is 0.125. The van der Waals surface area contributed by atoms with Gasteiger partial charge in [-0.3, -0.25) is 14.4 Å². The van der Waals surface area contributed by atoms with Crippen LogP contribution in [0.4, 0.5) is 5.13 Å². The van der Waals surface area contributed by atoms with E-state index in [9.17, 15) is 14.4 Å². The highest BCUT2D eigenvalue weighted by Crippen LogP contribution is 2.27. The summed E-state index contributed by atoms with van der Waals surface area (Å²) >= 11 is 1.38. The third kappa shape index (κ3) is 3.49. The number of rotatable bonds is 4. The normalized spacial score (nSPS) is 10.5. The van der Waals surface area contributed by atoms with Crippen LogP contribution >= 0.6 is 11.3 Å². The zero-order valence-corrected chi connectivity index (χ0v) is 13.6. The van der Waals surface area contributed by atoms with Gasteiger partial charge >= 0.3 is 0 Å². The predicted octanol–water partition coefficient (Wildman–Crippen LogP) is 1.66. The maximum atomic E-state index is 11.9. The predicted molar refractivity (Wildman–Crippen MR) is 92.4 cm³/mol. The Morgan fingerprint density at radius 3 is 2.79 bits per heavy atom. The van der Waals surface area contributed by atoms with Crippen molar-refractivity contribution in [3.8, 4) is 0 Å².